The first kappa shape index (κ1) is 19.5. The summed E-state index contributed by atoms with van der Waals surface area (Å²) >= 11 is 0. The van der Waals surface area contributed by atoms with Crippen molar-refractivity contribution in [1.82, 2.24) is 15.0 Å². The fourth-order valence-corrected chi connectivity index (χ4v) is 2.92. The number of aromatic nitrogens is 3. The summed E-state index contributed by atoms with van der Waals surface area (Å²) in [6.45, 7) is 8.01. The predicted molar refractivity (Wildman–Crippen MR) is 109 cm³/mol. The lowest BCUT2D eigenvalue weighted by Gasteiger charge is -2.14. The van der Waals surface area contributed by atoms with Crippen LogP contribution in [0.1, 0.15) is 45.5 Å². The van der Waals surface area contributed by atoms with E-state index in [0.29, 0.717) is 36.1 Å². The summed E-state index contributed by atoms with van der Waals surface area (Å²) in [5, 5.41) is 3.25. The van der Waals surface area contributed by atoms with Crippen LogP contribution in [-0.2, 0) is 11.2 Å². The van der Waals surface area contributed by atoms with Crippen LogP contribution in [0.15, 0.2) is 42.6 Å². The van der Waals surface area contributed by atoms with E-state index in [9.17, 15) is 4.79 Å². The van der Waals surface area contributed by atoms with Crippen LogP contribution in [0.4, 0.5) is 11.6 Å². The number of nitrogens with zero attached hydrogens (tertiary/aromatic N) is 3. The number of anilines is 2. The number of ether oxygens (including phenoxy) is 1. The van der Waals surface area contributed by atoms with E-state index in [1.165, 1.54) is 11.1 Å². The third-order valence-corrected chi connectivity index (χ3v) is 4.34. The van der Waals surface area contributed by atoms with Gasteiger partial charge in [-0.1, -0.05) is 29.8 Å². The molecule has 2 heterocycles. The molecule has 6 nitrogen and oxygen atoms in total. The Hall–Kier alpha value is -3.28. The Morgan fingerprint density at radius 2 is 1.82 bits per heavy atom. The van der Waals surface area contributed by atoms with Gasteiger partial charge in [0.05, 0.1) is 12.2 Å². The normalized spacial score (nSPS) is 10.6. The van der Waals surface area contributed by atoms with Gasteiger partial charge in [-0.25, -0.2) is 19.7 Å². The number of benzene rings is 1. The number of carbonyl (C=O) groups excluding carboxylic acids is 1. The second-order valence-electron chi connectivity index (χ2n) is 6.62. The Kier molecular flexibility index (Phi) is 5.99. The zero-order chi connectivity index (χ0) is 20.1. The summed E-state index contributed by atoms with van der Waals surface area (Å²) in [6, 6.07) is 11.7. The van der Waals surface area contributed by atoms with Crippen LogP contribution in [0.25, 0.3) is 0 Å². The van der Waals surface area contributed by atoms with Crippen LogP contribution < -0.4 is 5.32 Å². The van der Waals surface area contributed by atoms with Gasteiger partial charge in [-0.15, -0.1) is 0 Å². The summed E-state index contributed by atoms with van der Waals surface area (Å²) in [7, 11) is 0. The zero-order valence-corrected chi connectivity index (χ0v) is 16.6. The summed E-state index contributed by atoms with van der Waals surface area (Å²) in [6.07, 6.45) is 2.28. The third kappa shape index (κ3) is 4.71. The Morgan fingerprint density at radius 3 is 2.54 bits per heavy atom. The molecule has 0 unspecified atom stereocenters. The minimum atomic E-state index is -0.372. The van der Waals surface area contributed by atoms with Gasteiger partial charge in [0.25, 0.3) is 0 Å². The van der Waals surface area contributed by atoms with E-state index in [1.807, 2.05) is 13.8 Å². The molecule has 2 aromatic heterocycles. The minimum absolute atomic E-state index is 0.328. The average molecular weight is 376 g/mol. The lowest BCUT2D eigenvalue weighted by atomic mass is 10.0. The Balaban J connectivity index is 1.92. The van der Waals surface area contributed by atoms with Crippen LogP contribution in [-0.4, -0.2) is 27.5 Å². The molecule has 0 radical (unpaired) electrons. The number of carbonyl (C=O) groups is 1. The van der Waals surface area contributed by atoms with E-state index in [-0.39, 0.29) is 5.97 Å². The molecule has 0 fully saturated rings. The molecule has 3 rings (SSSR count). The number of hydrogen-bond acceptors (Lipinski definition) is 6. The average Bonchev–Trinajstić information content (AvgIpc) is 2.66. The number of rotatable bonds is 6. The molecule has 0 saturated heterocycles. The first-order valence-corrected chi connectivity index (χ1v) is 9.26. The summed E-state index contributed by atoms with van der Waals surface area (Å²) in [4.78, 5) is 25.4. The molecule has 1 aromatic carbocycles. The van der Waals surface area contributed by atoms with Crippen LogP contribution >= 0.6 is 0 Å². The fourth-order valence-electron chi connectivity index (χ4n) is 2.92. The van der Waals surface area contributed by atoms with Gasteiger partial charge in [0.2, 0.25) is 0 Å². The molecule has 144 valence electrons. The van der Waals surface area contributed by atoms with Gasteiger partial charge in [0, 0.05) is 23.9 Å². The topological polar surface area (TPSA) is 77.0 Å². The van der Waals surface area contributed by atoms with Crippen molar-refractivity contribution in [2.24, 2.45) is 0 Å². The molecule has 3 aromatic rings. The van der Waals surface area contributed by atoms with E-state index in [4.69, 9.17) is 4.74 Å². The molecule has 0 amide bonds. The molecule has 28 heavy (non-hydrogen) atoms. The van der Waals surface area contributed by atoms with Gasteiger partial charge >= 0.3 is 5.97 Å². The van der Waals surface area contributed by atoms with Gasteiger partial charge in [-0.05, 0) is 45.4 Å². The van der Waals surface area contributed by atoms with Crippen molar-refractivity contribution < 1.29 is 9.53 Å². The molecule has 1 N–H and O–H groups in total. The van der Waals surface area contributed by atoms with Crippen molar-refractivity contribution in [2.45, 2.75) is 34.1 Å². The second kappa shape index (κ2) is 8.61. The molecule has 6 heteroatoms. The van der Waals surface area contributed by atoms with E-state index in [0.717, 1.165) is 11.3 Å². The van der Waals surface area contributed by atoms with Crippen LogP contribution in [0.3, 0.4) is 0 Å². The Morgan fingerprint density at radius 1 is 1.07 bits per heavy atom. The highest BCUT2D eigenvalue weighted by atomic mass is 16.5. The number of hydrogen-bond donors (Lipinski definition) is 1. The molecular formula is C22H24N4O2. The predicted octanol–water partition coefficient (Wildman–Crippen LogP) is 4.31. The van der Waals surface area contributed by atoms with Crippen molar-refractivity contribution in [3.63, 3.8) is 0 Å². The molecule has 0 aliphatic heterocycles. The molecule has 0 aliphatic carbocycles. The first-order chi connectivity index (χ1) is 13.5. The smallest absolute Gasteiger partial charge is 0.338 e. The monoisotopic (exact) mass is 376 g/mol. The van der Waals surface area contributed by atoms with Gasteiger partial charge in [0.15, 0.2) is 0 Å². The van der Waals surface area contributed by atoms with E-state index < -0.39 is 0 Å². The number of esters is 1. The minimum Gasteiger partial charge on any atom is -0.462 e. The number of nitrogens with one attached hydrogen (secondary N) is 1. The van der Waals surface area contributed by atoms with Gasteiger partial charge in [-0.3, -0.25) is 0 Å². The van der Waals surface area contributed by atoms with Crippen molar-refractivity contribution in [3.05, 3.63) is 76.4 Å². The van der Waals surface area contributed by atoms with Crippen molar-refractivity contribution in [2.75, 3.05) is 11.9 Å². The summed E-state index contributed by atoms with van der Waals surface area (Å²) < 4.78 is 5.06. The SMILES string of the molecule is CCOC(=O)c1ccnc(Nc2nc(C)nc(C)c2Cc2ccc(C)cc2)c1. The fraction of sp³-hybridized carbons (Fsp3) is 0.273. The molecule has 0 atom stereocenters. The van der Waals surface area contributed by atoms with Crippen molar-refractivity contribution >= 4 is 17.6 Å². The lowest BCUT2D eigenvalue weighted by molar-refractivity contribution is 0.0526. The van der Waals surface area contributed by atoms with Gasteiger partial charge < -0.3 is 10.1 Å². The van der Waals surface area contributed by atoms with Crippen LogP contribution in [0.5, 0.6) is 0 Å². The maximum absolute atomic E-state index is 12.0. The molecule has 0 bridgehead atoms. The van der Waals surface area contributed by atoms with E-state index in [1.54, 1.807) is 25.3 Å². The third-order valence-electron chi connectivity index (χ3n) is 4.34. The maximum atomic E-state index is 12.0. The molecule has 0 saturated carbocycles. The number of aryl methyl sites for hydroxylation is 3. The maximum Gasteiger partial charge on any atom is 0.338 e. The molecule has 0 spiro atoms. The standard InChI is InChI=1S/C22H24N4O2/c1-5-28-22(27)18-10-11-23-20(13-18)26-21-19(15(3)24-16(4)25-21)12-17-8-6-14(2)7-9-17/h6-11,13H,5,12H2,1-4H3,(H,23,24,25,26). The van der Waals surface area contributed by atoms with Gasteiger partial charge in [-0.2, -0.15) is 0 Å². The van der Waals surface area contributed by atoms with Gasteiger partial charge in [0.1, 0.15) is 17.5 Å². The summed E-state index contributed by atoms with van der Waals surface area (Å²) in [5.41, 5.74) is 4.76. The van der Waals surface area contributed by atoms with E-state index in [2.05, 4.69) is 51.5 Å². The Labute approximate surface area is 165 Å². The Bertz CT molecular complexity index is 984. The highest BCUT2D eigenvalue weighted by molar-refractivity contribution is 5.90. The van der Waals surface area contributed by atoms with Crippen LogP contribution in [0.2, 0.25) is 0 Å². The summed E-state index contributed by atoms with van der Waals surface area (Å²) in [5.74, 6) is 1.53. The zero-order valence-electron chi connectivity index (χ0n) is 16.6. The second-order valence-corrected chi connectivity index (χ2v) is 6.62. The number of pyridine rings is 1. The van der Waals surface area contributed by atoms with Crippen LogP contribution in [0, 0.1) is 20.8 Å². The quantitative estimate of drug-likeness (QED) is 0.646. The van der Waals surface area contributed by atoms with Crippen molar-refractivity contribution in [1.29, 1.82) is 0 Å². The lowest BCUT2D eigenvalue weighted by Crippen LogP contribution is -2.09. The van der Waals surface area contributed by atoms with E-state index >= 15 is 0 Å². The highest BCUT2D eigenvalue weighted by Crippen LogP contribution is 2.24. The highest BCUT2D eigenvalue weighted by Gasteiger charge is 2.14. The first-order valence-electron chi connectivity index (χ1n) is 9.26. The largest absolute Gasteiger partial charge is 0.462 e. The molecular weight excluding hydrogens is 352 g/mol. The molecule has 0 aliphatic rings. The van der Waals surface area contributed by atoms with Crippen molar-refractivity contribution in [3.8, 4) is 0 Å².